The van der Waals surface area contributed by atoms with Crippen molar-refractivity contribution in [1.29, 1.82) is 0 Å². The summed E-state index contributed by atoms with van der Waals surface area (Å²) in [5.74, 6) is 0.522. The van der Waals surface area contributed by atoms with E-state index < -0.39 is 0 Å². The number of hydrogen-bond donors (Lipinski definition) is 0. The van der Waals surface area contributed by atoms with Gasteiger partial charge in [0.1, 0.15) is 0 Å². The lowest BCUT2D eigenvalue weighted by Crippen LogP contribution is -1.85. The molecule has 1 heterocycles. The number of aryl methyl sites for hydroxylation is 1. The molecule has 0 spiro atoms. The third kappa shape index (κ3) is 2.26. The van der Waals surface area contributed by atoms with E-state index in [1.54, 1.807) is 11.3 Å². The summed E-state index contributed by atoms with van der Waals surface area (Å²) in [6.45, 7) is 6.46. The van der Waals surface area contributed by atoms with Crippen molar-refractivity contribution in [2.75, 3.05) is 0 Å². The molecule has 0 saturated carbocycles. The van der Waals surface area contributed by atoms with Crippen molar-refractivity contribution < 1.29 is 0 Å². The number of thiazole rings is 1. The van der Waals surface area contributed by atoms with Gasteiger partial charge in [-0.3, -0.25) is 0 Å². The van der Waals surface area contributed by atoms with Gasteiger partial charge in [0.2, 0.25) is 0 Å². The molecule has 15 heavy (non-hydrogen) atoms. The molecule has 78 valence electrons. The fourth-order valence-electron chi connectivity index (χ4n) is 1.41. The number of aromatic nitrogens is 1. The van der Waals surface area contributed by atoms with Crippen LogP contribution in [0.15, 0.2) is 29.6 Å². The molecule has 2 heteroatoms. The topological polar surface area (TPSA) is 12.9 Å². The van der Waals surface area contributed by atoms with Crippen LogP contribution in [0, 0.1) is 6.92 Å². The van der Waals surface area contributed by atoms with Gasteiger partial charge in [-0.2, -0.15) is 0 Å². The molecule has 2 rings (SSSR count). The molecule has 1 aromatic carbocycles. The van der Waals surface area contributed by atoms with Gasteiger partial charge in [-0.15, -0.1) is 11.3 Å². The number of hydrogen-bond acceptors (Lipinski definition) is 2. The van der Waals surface area contributed by atoms with Gasteiger partial charge < -0.3 is 0 Å². The van der Waals surface area contributed by atoms with Crippen LogP contribution in [-0.4, -0.2) is 4.98 Å². The largest absolute Gasteiger partial charge is 0.241 e. The molecule has 1 nitrogen and oxygen atoms in total. The summed E-state index contributed by atoms with van der Waals surface area (Å²) < 4.78 is 0. The minimum atomic E-state index is 0.522. The maximum Gasteiger partial charge on any atom is 0.0958 e. The minimum absolute atomic E-state index is 0.522. The highest BCUT2D eigenvalue weighted by Gasteiger charge is 2.06. The molecule has 0 amide bonds. The van der Waals surface area contributed by atoms with Gasteiger partial charge in [0.15, 0.2) is 0 Å². The minimum Gasteiger partial charge on any atom is -0.241 e. The van der Waals surface area contributed by atoms with Gasteiger partial charge in [-0.25, -0.2) is 4.98 Å². The van der Waals surface area contributed by atoms with Crippen molar-refractivity contribution >= 4 is 11.3 Å². The van der Waals surface area contributed by atoms with Crippen LogP contribution in [0.1, 0.15) is 30.3 Å². The Morgan fingerprint density at radius 2 is 1.80 bits per heavy atom. The molecule has 0 bridgehead atoms. The predicted octanol–water partition coefficient (Wildman–Crippen LogP) is 4.24. The highest BCUT2D eigenvalue weighted by molar-refractivity contribution is 7.10. The van der Waals surface area contributed by atoms with E-state index in [1.165, 1.54) is 16.1 Å². The second kappa shape index (κ2) is 4.15. The Labute approximate surface area is 94.8 Å². The maximum atomic E-state index is 4.63. The first-order valence-corrected chi connectivity index (χ1v) is 6.07. The van der Waals surface area contributed by atoms with E-state index in [0.717, 1.165) is 5.69 Å². The second-order valence-corrected chi connectivity index (χ2v) is 4.98. The summed E-state index contributed by atoms with van der Waals surface area (Å²) in [5, 5.41) is 3.35. The summed E-state index contributed by atoms with van der Waals surface area (Å²) in [7, 11) is 0. The van der Waals surface area contributed by atoms with Crippen LogP contribution < -0.4 is 0 Å². The average molecular weight is 217 g/mol. The van der Waals surface area contributed by atoms with Gasteiger partial charge in [0.05, 0.1) is 10.7 Å². The molecule has 0 N–H and O–H groups in total. The fourth-order valence-corrected chi connectivity index (χ4v) is 2.25. The fraction of sp³-hybridized carbons (Fsp3) is 0.308. The second-order valence-electron chi connectivity index (χ2n) is 4.09. The van der Waals surface area contributed by atoms with Gasteiger partial charge in [0.25, 0.3) is 0 Å². The van der Waals surface area contributed by atoms with Gasteiger partial charge in [0, 0.05) is 16.9 Å². The van der Waals surface area contributed by atoms with E-state index in [1.807, 2.05) is 0 Å². The molecule has 0 atom stereocenters. The number of nitrogens with zero attached hydrogens (tertiary/aromatic N) is 1. The number of rotatable bonds is 2. The highest BCUT2D eigenvalue weighted by Crippen LogP contribution is 2.26. The molecular formula is C13H15NS. The van der Waals surface area contributed by atoms with Crippen molar-refractivity contribution in [3.8, 4) is 11.3 Å². The monoisotopic (exact) mass is 217 g/mol. The van der Waals surface area contributed by atoms with Crippen molar-refractivity contribution in [2.24, 2.45) is 0 Å². The molecule has 0 fully saturated rings. The number of benzene rings is 1. The molecule has 0 aliphatic heterocycles. The van der Waals surface area contributed by atoms with Crippen molar-refractivity contribution in [3.63, 3.8) is 0 Å². The van der Waals surface area contributed by atoms with Crippen LogP contribution >= 0.6 is 11.3 Å². The van der Waals surface area contributed by atoms with Crippen molar-refractivity contribution in [3.05, 3.63) is 40.2 Å². The molecule has 2 aromatic rings. The van der Waals surface area contributed by atoms with E-state index in [9.17, 15) is 0 Å². The molecule has 0 aliphatic rings. The first-order chi connectivity index (χ1) is 7.16. The zero-order valence-corrected chi connectivity index (χ0v) is 10.1. The predicted molar refractivity (Wildman–Crippen MR) is 66.4 cm³/mol. The van der Waals surface area contributed by atoms with Crippen LogP contribution in [0.4, 0.5) is 0 Å². The van der Waals surface area contributed by atoms with Crippen molar-refractivity contribution in [2.45, 2.75) is 26.7 Å². The Kier molecular flexibility index (Phi) is 2.87. The van der Waals surface area contributed by atoms with Crippen LogP contribution in [0.3, 0.4) is 0 Å². The first-order valence-electron chi connectivity index (χ1n) is 5.19. The van der Waals surface area contributed by atoms with Gasteiger partial charge in [-0.05, 0) is 6.92 Å². The standard InChI is InChI=1S/C13H15NS/c1-9(2)13-14-12(8-15-13)11-6-4-10(3)5-7-11/h4-9H,1-3H3. The summed E-state index contributed by atoms with van der Waals surface area (Å²) in [6, 6.07) is 8.52. The summed E-state index contributed by atoms with van der Waals surface area (Å²) in [6.07, 6.45) is 0. The molecule has 0 radical (unpaired) electrons. The average Bonchev–Trinajstić information content (AvgIpc) is 2.68. The van der Waals surface area contributed by atoms with E-state index >= 15 is 0 Å². The molecule has 0 saturated heterocycles. The summed E-state index contributed by atoms with van der Waals surface area (Å²) in [4.78, 5) is 4.63. The smallest absolute Gasteiger partial charge is 0.0958 e. The SMILES string of the molecule is Cc1ccc(-c2csc(C(C)C)n2)cc1. The van der Waals surface area contributed by atoms with Gasteiger partial charge in [-0.1, -0.05) is 43.7 Å². The Morgan fingerprint density at radius 3 is 2.33 bits per heavy atom. The quantitative estimate of drug-likeness (QED) is 0.733. The van der Waals surface area contributed by atoms with E-state index in [0.29, 0.717) is 5.92 Å². The lowest BCUT2D eigenvalue weighted by Gasteiger charge is -1.98. The Hall–Kier alpha value is -1.15. The normalized spacial score (nSPS) is 10.9. The van der Waals surface area contributed by atoms with Crippen LogP contribution in [0.25, 0.3) is 11.3 Å². The highest BCUT2D eigenvalue weighted by atomic mass is 32.1. The molecule has 0 aliphatic carbocycles. The Bertz CT molecular complexity index is 440. The summed E-state index contributed by atoms with van der Waals surface area (Å²) >= 11 is 1.75. The maximum absolute atomic E-state index is 4.63. The first kappa shape index (κ1) is 10.4. The molecule has 0 unspecified atom stereocenters. The van der Waals surface area contributed by atoms with Crippen LogP contribution in [-0.2, 0) is 0 Å². The Balaban J connectivity index is 2.33. The van der Waals surface area contributed by atoms with E-state index in [4.69, 9.17) is 0 Å². The third-order valence-corrected chi connectivity index (χ3v) is 3.51. The van der Waals surface area contributed by atoms with Gasteiger partial charge >= 0.3 is 0 Å². The van der Waals surface area contributed by atoms with Crippen molar-refractivity contribution in [1.82, 2.24) is 4.98 Å². The molecule has 1 aromatic heterocycles. The summed E-state index contributed by atoms with van der Waals surface area (Å²) in [5.41, 5.74) is 3.60. The lowest BCUT2D eigenvalue weighted by atomic mass is 10.1. The van der Waals surface area contributed by atoms with E-state index in [2.05, 4.69) is 55.4 Å². The van der Waals surface area contributed by atoms with Crippen LogP contribution in [0.2, 0.25) is 0 Å². The van der Waals surface area contributed by atoms with E-state index in [-0.39, 0.29) is 0 Å². The zero-order valence-electron chi connectivity index (χ0n) is 9.32. The third-order valence-electron chi connectivity index (χ3n) is 2.36. The Morgan fingerprint density at radius 1 is 1.13 bits per heavy atom. The zero-order chi connectivity index (χ0) is 10.8. The van der Waals surface area contributed by atoms with Crippen LogP contribution in [0.5, 0.6) is 0 Å². The lowest BCUT2D eigenvalue weighted by molar-refractivity contribution is 0.853. The molecular weight excluding hydrogens is 202 g/mol.